The molecule has 4 aromatic rings. The quantitative estimate of drug-likeness (QED) is 0.359. The number of benzene rings is 1. The average Bonchev–Trinajstić information content (AvgIpc) is 3.37. The Balaban J connectivity index is 0.00000361. The van der Waals surface area contributed by atoms with Gasteiger partial charge in [0.25, 0.3) is 5.95 Å². The first-order valence-electron chi connectivity index (χ1n) is 10.2. The molecule has 0 fully saturated rings. The fourth-order valence-corrected chi connectivity index (χ4v) is 3.34. The Morgan fingerprint density at radius 1 is 1.14 bits per heavy atom. The first kappa shape index (κ1) is 27.3. The van der Waals surface area contributed by atoms with Crippen molar-refractivity contribution in [1.29, 1.82) is 0 Å². The van der Waals surface area contributed by atoms with E-state index in [0.717, 1.165) is 9.25 Å². The zero-order valence-corrected chi connectivity index (χ0v) is 20.1. The number of rotatable bonds is 7. The molecule has 0 saturated carbocycles. The lowest BCUT2D eigenvalue weighted by Gasteiger charge is -2.15. The summed E-state index contributed by atoms with van der Waals surface area (Å²) in [5.41, 5.74) is 5.42. The first-order chi connectivity index (χ1) is 16.5. The van der Waals surface area contributed by atoms with Gasteiger partial charge in [-0.3, -0.25) is 4.57 Å². The molecule has 1 aromatic carbocycles. The predicted molar refractivity (Wildman–Crippen MR) is 125 cm³/mol. The molecule has 0 aliphatic heterocycles. The molecule has 0 saturated heterocycles. The second-order valence-electron chi connectivity index (χ2n) is 7.57. The minimum atomic E-state index is -4.93. The fraction of sp³-hybridized carbons (Fsp3) is 0.300. The van der Waals surface area contributed by atoms with E-state index in [4.69, 9.17) is 17.3 Å². The topological polar surface area (TPSA) is 143 Å². The fourth-order valence-electron chi connectivity index (χ4n) is 3.21. The maximum atomic E-state index is 13.0. The molecule has 36 heavy (non-hydrogen) atoms. The van der Waals surface area contributed by atoms with Crippen LogP contribution in [0.25, 0.3) is 17.3 Å². The lowest BCUT2D eigenvalue weighted by Crippen LogP contribution is -2.37. The van der Waals surface area contributed by atoms with Gasteiger partial charge in [0.2, 0.25) is 0 Å². The molecule has 3 N–H and O–H groups in total. The van der Waals surface area contributed by atoms with Gasteiger partial charge in [0.15, 0.2) is 23.6 Å². The largest absolute Gasteiger partial charge is 0.416 e. The van der Waals surface area contributed by atoms with E-state index in [0.29, 0.717) is 16.4 Å². The zero-order valence-electron chi connectivity index (χ0n) is 18.5. The Morgan fingerprint density at radius 3 is 2.36 bits per heavy atom. The molecule has 3 heterocycles. The third-order valence-corrected chi connectivity index (χ3v) is 5.13. The van der Waals surface area contributed by atoms with Gasteiger partial charge in [0, 0.05) is 23.0 Å². The van der Waals surface area contributed by atoms with Crippen LogP contribution in [0.5, 0.6) is 0 Å². The highest BCUT2D eigenvalue weighted by molar-refractivity contribution is 6.30. The summed E-state index contributed by atoms with van der Waals surface area (Å²) in [4.78, 5) is 25.6. The Morgan fingerprint density at radius 2 is 1.78 bits per heavy atom. The number of aliphatic hydroxyl groups is 1. The van der Waals surface area contributed by atoms with Crippen molar-refractivity contribution in [2.24, 2.45) is 5.73 Å². The van der Waals surface area contributed by atoms with Crippen molar-refractivity contribution in [3.8, 4) is 17.3 Å². The SMILES string of the molecule is CC(N)c1nc(Cn2nc(-c3ccc(Cl)cc3)n(CC(O)C(F)(F)F)c2=O)nn1-c1ncccn1.Cl. The van der Waals surface area contributed by atoms with Crippen molar-refractivity contribution in [2.45, 2.75) is 38.3 Å². The highest BCUT2D eigenvalue weighted by Gasteiger charge is 2.39. The summed E-state index contributed by atoms with van der Waals surface area (Å²) in [5.74, 6) is 0.527. The minimum absolute atomic E-state index is 0. The molecule has 0 radical (unpaired) electrons. The molecule has 0 bridgehead atoms. The smallest absolute Gasteiger partial charge is 0.382 e. The van der Waals surface area contributed by atoms with Gasteiger partial charge in [-0.2, -0.15) is 17.9 Å². The van der Waals surface area contributed by atoms with E-state index in [2.05, 4.69) is 25.1 Å². The summed E-state index contributed by atoms with van der Waals surface area (Å²) in [7, 11) is 0. The van der Waals surface area contributed by atoms with Gasteiger partial charge in [-0.05, 0) is 37.3 Å². The highest BCUT2D eigenvalue weighted by Crippen LogP contribution is 2.24. The van der Waals surface area contributed by atoms with E-state index in [1.54, 1.807) is 13.0 Å². The summed E-state index contributed by atoms with van der Waals surface area (Å²) in [6.45, 7) is 0.338. The summed E-state index contributed by atoms with van der Waals surface area (Å²) >= 11 is 5.90. The monoisotopic (exact) mass is 545 g/mol. The molecule has 4 rings (SSSR count). The molecule has 0 amide bonds. The van der Waals surface area contributed by atoms with Crippen molar-refractivity contribution >= 4 is 24.0 Å². The number of nitrogens with two attached hydrogens (primary N) is 1. The number of nitrogens with zero attached hydrogens (tertiary/aromatic N) is 8. The number of hydrogen-bond donors (Lipinski definition) is 2. The lowest BCUT2D eigenvalue weighted by atomic mass is 10.2. The van der Waals surface area contributed by atoms with E-state index >= 15 is 0 Å². The Labute approximate surface area is 212 Å². The van der Waals surface area contributed by atoms with Crippen molar-refractivity contribution in [1.82, 2.24) is 39.1 Å². The summed E-state index contributed by atoms with van der Waals surface area (Å²) in [6.07, 6.45) is -4.70. The molecular weight excluding hydrogens is 526 g/mol. The summed E-state index contributed by atoms with van der Waals surface area (Å²) in [6, 6.07) is 7.05. The van der Waals surface area contributed by atoms with Crippen molar-refractivity contribution in [3.63, 3.8) is 0 Å². The zero-order chi connectivity index (χ0) is 25.3. The van der Waals surface area contributed by atoms with Crippen LogP contribution in [0, 0.1) is 0 Å². The minimum Gasteiger partial charge on any atom is -0.382 e. The van der Waals surface area contributed by atoms with Crippen molar-refractivity contribution < 1.29 is 18.3 Å². The van der Waals surface area contributed by atoms with Crippen molar-refractivity contribution in [2.75, 3.05) is 0 Å². The summed E-state index contributed by atoms with van der Waals surface area (Å²) in [5, 5.41) is 18.5. The normalized spacial score (nSPS) is 13.3. The molecule has 0 spiro atoms. The molecular formula is C20H20Cl2F3N9O2. The number of halogens is 5. The second kappa shape index (κ2) is 10.7. The first-order valence-corrected chi connectivity index (χ1v) is 10.6. The third kappa shape index (κ3) is 5.73. The van der Waals surface area contributed by atoms with Crippen LogP contribution in [-0.2, 0) is 13.1 Å². The number of aromatic nitrogens is 8. The van der Waals surface area contributed by atoms with Gasteiger partial charge < -0.3 is 10.8 Å². The van der Waals surface area contributed by atoms with Gasteiger partial charge in [0.05, 0.1) is 12.6 Å². The standard InChI is InChI=1S/C20H19ClF3N9O2.ClH/c1-11(25)16-28-15(29-33(16)18-26-7-2-8-27-18)10-32-19(35)31(9-14(34)20(22,23)24)17(30-32)12-3-5-13(21)6-4-12;/h2-8,11,14,34H,9-10,25H2,1H3;1H. The van der Waals surface area contributed by atoms with Crippen LogP contribution in [-0.4, -0.2) is 56.5 Å². The van der Waals surface area contributed by atoms with Crippen LogP contribution in [0.1, 0.15) is 24.6 Å². The van der Waals surface area contributed by atoms with E-state index in [-0.39, 0.29) is 36.5 Å². The maximum Gasteiger partial charge on any atom is 0.416 e. The molecule has 192 valence electrons. The number of alkyl halides is 3. The molecule has 0 aliphatic carbocycles. The Bertz CT molecular complexity index is 1370. The summed E-state index contributed by atoms with van der Waals surface area (Å²) < 4.78 is 42.1. The maximum absolute atomic E-state index is 13.0. The van der Waals surface area contributed by atoms with Gasteiger partial charge in [-0.15, -0.1) is 22.6 Å². The van der Waals surface area contributed by atoms with Crippen LogP contribution in [0.4, 0.5) is 13.2 Å². The molecule has 11 nitrogen and oxygen atoms in total. The third-order valence-electron chi connectivity index (χ3n) is 4.87. The second-order valence-corrected chi connectivity index (χ2v) is 8.01. The predicted octanol–water partition coefficient (Wildman–Crippen LogP) is 2.15. The van der Waals surface area contributed by atoms with Gasteiger partial charge in [-0.1, -0.05) is 11.6 Å². The van der Waals surface area contributed by atoms with E-state index in [1.807, 2.05) is 0 Å². The number of hydrogen-bond acceptors (Lipinski definition) is 8. The molecule has 16 heteroatoms. The Kier molecular flexibility index (Phi) is 8.13. The van der Waals surface area contributed by atoms with E-state index in [1.165, 1.54) is 41.3 Å². The van der Waals surface area contributed by atoms with Gasteiger partial charge >= 0.3 is 11.9 Å². The molecule has 0 aliphatic rings. The highest BCUT2D eigenvalue weighted by atomic mass is 35.5. The molecule has 2 atom stereocenters. The van der Waals surface area contributed by atoms with E-state index in [9.17, 15) is 23.1 Å². The van der Waals surface area contributed by atoms with Crippen molar-refractivity contribution in [3.05, 3.63) is 69.9 Å². The lowest BCUT2D eigenvalue weighted by molar-refractivity contribution is -0.207. The van der Waals surface area contributed by atoms with E-state index < -0.39 is 30.6 Å². The Hall–Kier alpha value is -3.33. The van der Waals surface area contributed by atoms with Crippen LogP contribution in [0.2, 0.25) is 5.02 Å². The number of aliphatic hydroxyl groups excluding tert-OH is 1. The van der Waals surface area contributed by atoms with Crippen LogP contribution in [0.3, 0.4) is 0 Å². The van der Waals surface area contributed by atoms with Gasteiger partial charge in [-0.25, -0.2) is 24.4 Å². The molecule has 2 unspecified atom stereocenters. The average molecular weight is 546 g/mol. The molecule has 3 aromatic heterocycles. The van der Waals surface area contributed by atoms with Gasteiger partial charge in [0.1, 0.15) is 6.54 Å². The van der Waals surface area contributed by atoms with Crippen LogP contribution in [0.15, 0.2) is 47.5 Å². The van der Waals surface area contributed by atoms with Crippen LogP contribution < -0.4 is 11.4 Å². The van der Waals surface area contributed by atoms with Crippen LogP contribution >= 0.6 is 24.0 Å².